The van der Waals surface area contributed by atoms with E-state index < -0.39 is 0 Å². The molecule has 3 aromatic rings. The second kappa shape index (κ2) is 8.68. The van der Waals surface area contributed by atoms with Crippen molar-refractivity contribution in [3.8, 4) is 0 Å². The van der Waals surface area contributed by atoms with Crippen molar-refractivity contribution in [1.82, 2.24) is 9.55 Å². The Hall–Kier alpha value is -2.82. The maximum atomic E-state index is 12.4. The molecular weight excluding hydrogens is 360 g/mol. The first-order chi connectivity index (χ1) is 14.1. The van der Waals surface area contributed by atoms with Gasteiger partial charge in [0.15, 0.2) is 0 Å². The highest BCUT2D eigenvalue weighted by Gasteiger charge is 2.11. The Morgan fingerprint density at radius 1 is 1.03 bits per heavy atom. The normalized spacial score (nSPS) is 14.5. The van der Waals surface area contributed by atoms with Gasteiger partial charge in [-0.15, -0.1) is 0 Å². The number of hydrogen-bond donors (Lipinski definition) is 1. The van der Waals surface area contributed by atoms with Crippen molar-refractivity contribution in [2.75, 3.05) is 23.3 Å². The lowest BCUT2D eigenvalue weighted by molar-refractivity contribution is 0.517. The van der Waals surface area contributed by atoms with E-state index in [1.165, 1.54) is 24.9 Å². The van der Waals surface area contributed by atoms with E-state index in [4.69, 9.17) is 0 Å². The van der Waals surface area contributed by atoms with Crippen LogP contribution in [0.4, 0.5) is 17.2 Å². The van der Waals surface area contributed by atoms with Crippen LogP contribution in [0, 0.1) is 5.92 Å². The van der Waals surface area contributed by atoms with E-state index >= 15 is 0 Å². The van der Waals surface area contributed by atoms with Crippen LogP contribution in [0.15, 0.2) is 53.5 Å². The first-order valence-corrected chi connectivity index (χ1v) is 10.7. The van der Waals surface area contributed by atoms with Crippen molar-refractivity contribution in [2.45, 2.75) is 46.1 Å². The quantitative estimate of drug-likeness (QED) is 0.630. The Kier molecular flexibility index (Phi) is 5.84. The van der Waals surface area contributed by atoms with E-state index in [0.717, 1.165) is 48.5 Å². The molecule has 1 aliphatic heterocycles. The SMILES string of the molecule is CC(C)CCn1c(=O)ccc2cnc(Nc3ccc(N4CCCCC4)cc3)cc21. The topological polar surface area (TPSA) is 50.2 Å². The molecule has 5 heteroatoms. The Bertz CT molecular complexity index is 1020. The molecule has 0 bridgehead atoms. The maximum absolute atomic E-state index is 12.4. The summed E-state index contributed by atoms with van der Waals surface area (Å²) in [6, 6.07) is 14.0. The Morgan fingerprint density at radius 2 is 1.79 bits per heavy atom. The highest BCUT2D eigenvalue weighted by molar-refractivity contribution is 5.81. The Balaban J connectivity index is 1.56. The van der Waals surface area contributed by atoms with Gasteiger partial charge in [-0.05, 0) is 61.9 Å². The van der Waals surface area contributed by atoms with Gasteiger partial charge in [-0.25, -0.2) is 4.98 Å². The average Bonchev–Trinajstić information content (AvgIpc) is 2.74. The number of nitrogens with zero attached hydrogens (tertiary/aromatic N) is 3. The van der Waals surface area contributed by atoms with E-state index in [1.807, 2.05) is 22.9 Å². The molecule has 1 saturated heterocycles. The van der Waals surface area contributed by atoms with Crippen molar-refractivity contribution >= 4 is 28.1 Å². The molecule has 0 saturated carbocycles. The molecule has 0 atom stereocenters. The molecule has 0 spiro atoms. The van der Waals surface area contributed by atoms with Gasteiger partial charge in [0.2, 0.25) is 0 Å². The van der Waals surface area contributed by atoms with Gasteiger partial charge in [0.25, 0.3) is 5.56 Å². The number of piperidine rings is 1. The van der Waals surface area contributed by atoms with Crippen LogP contribution in [-0.2, 0) is 6.54 Å². The molecule has 1 N–H and O–H groups in total. The molecule has 5 nitrogen and oxygen atoms in total. The standard InChI is InChI=1S/C24H30N4O/c1-18(2)12-15-28-22-16-23(25-17-19(22)6-11-24(28)29)26-20-7-9-21(10-8-20)27-13-4-3-5-14-27/h6-11,16-18H,3-5,12-15H2,1-2H3,(H,25,26). The van der Waals surface area contributed by atoms with E-state index in [0.29, 0.717) is 5.92 Å². The van der Waals surface area contributed by atoms with Crippen molar-refractivity contribution < 1.29 is 0 Å². The summed E-state index contributed by atoms with van der Waals surface area (Å²) in [6.07, 6.45) is 6.71. The maximum Gasteiger partial charge on any atom is 0.251 e. The summed E-state index contributed by atoms with van der Waals surface area (Å²) in [7, 11) is 0. The summed E-state index contributed by atoms with van der Waals surface area (Å²) in [6.45, 7) is 7.37. The number of benzene rings is 1. The molecule has 1 fully saturated rings. The van der Waals surface area contributed by atoms with E-state index in [1.54, 1.807) is 6.07 Å². The lowest BCUT2D eigenvalue weighted by atomic mass is 10.1. The zero-order valence-electron chi connectivity index (χ0n) is 17.4. The van der Waals surface area contributed by atoms with E-state index in [9.17, 15) is 4.79 Å². The summed E-state index contributed by atoms with van der Waals surface area (Å²) in [5.74, 6) is 1.31. The third-order valence-corrected chi connectivity index (χ3v) is 5.67. The lowest BCUT2D eigenvalue weighted by Crippen LogP contribution is -2.29. The van der Waals surface area contributed by atoms with Crippen molar-refractivity contribution in [2.24, 2.45) is 5.92 Å². The smallest absolute Gasteiger partial charge is 0.251 e. The average molecular weight is 391 g/mol. The molecular formula is C24H30N4O. The monoisotopic (exact) mass is 390 g/mol. The number of fused-ring (bicyclic) bond motifs is 1. The minimum Gasteiger partial charge on any atom is -0.372 e. The highest BCUT2D eigenvalue weighted by Crippen LogP contribution is 2.24. The summed E-state index contributed by atoms with van der Waals surface area (Å²) in [5, 5.41) is 4.38. The molecule has 29 heavy (non-hydrogen) atoms. The van der Waals surface area contributed by atoms with Crippen LogP contribution in [0.1, 0.15) is 39.5 Å². The van der Waals surface area contributed by atoms with Crippen LogP contribution in [-0.4, -0.2) is 22.6 Å². The Labute approximate surface area is 172 Å². The largest absolute Gasteiger partial charge is 0.372 e. The number of hydrogen-bond acceptors (Lipinski definition) is 4. The summed E-state index contributed by atoms with van der Waals surface area (Å²) in [5.41, 5.74) is 3.26. The van der Waals surface area contributed by atoms with Crippen molar-refractivity contribution in [3.63, 3.8) is 0 Å². The van der Waals surface area contributed by atoms with Crippen LogP contribution in [0.3, 0.4) is 0 Å². The zero-order chi connectivity index (χ0) is 20.2. The molecule has 1 aromatic carbocycles. The van der Waals surface area contributed by atoms with Crippen LogP contribution >= 0.6 is 0 Å². The van der Waals surface area contributed by atoms with Crippen molar-refractivity contribution in [1.29, 1.82) is 0 Å². The molecule has 0 aliphatic carbocycles. The third-order valence-electron chi connectivity index (χ3n) is 5.67. The summed E-state index contributed by atoms with van der Waals surface area (Å²) < 4.78 is 1.86. The number of aryl methyl sites for hydroxylation is 1. The zero-order valence-corrected chi connectivity index (χ0v) is 17.4. The van der Waals surface area contributed by atoms with Gasteiger partial charge in [-0.3, -0.25) is 4.79 Å². The molecule has 0 radical (unpaired) electrons. The predicted octanol–water partition coefficient (Wildman–Crippen LogP) is 5.18. The van der Waals surface area contributed by atoms with Gasteiger partial charge in [0.05, 0.1) is 5.52 Å². The van der Waals surface area contributed by atoms with Gasteiger partial charge in [0.1, 0.15) is 5.82 Å². The fraction of sp³-hybridized carbons (Fsp3) is 0.417. The minimum atomic E-state index is 0.0428. The summed E-state index contributed by atoms with van der Waals surface area (Å²) >= 11 is 0. The van der Waals surface area contributed by atoms with Crippen LogP contribution in [0.25, 0.3) is 10.9 Å². The molecule has 0 amide bonds. The molecule has 152 valence electrons. The fourth-order valence-corrected chi connectivity index (χ4v) is 3.93. The Morgan fingerprint density at radius 3 is 2.52 bits per heavy atom. The van der Waals surface area contributed by atoms with Gasteiger partial charge in [0, 0.05) is 54.7 Å². The van der Waals surface area contributed by atoms with Gasteiger partial charge in [-0.2, -0.15) is 0 Å². The van der Waals surface area contributed by atoms with Crippen LogP contribution < -0.4 is 15.8 Å². The van der Waals surface area contributed by atoms with E-state index in [2.05, 4.69) is 53.3 Å². The molecule has 0 unspecified atom stereocenters. The molecule has 3 heterocycles. The predicted molar refractivity (Wildman–Crippen MR) is 121 cm³/mol. The number of nitrogens with one attached hydrogen (secondary N) is 1. The number of anilines is 3. The second-order valence-corrected chi connectivity index (χ2v) is 8.35. The minimum absolute atomic E-state index is 0.0428. The van der Waals surface area contributed by atoms with Gasteiger partial charge in [-0.1, -0.05) is 13.8 Å². The fourth-order valence-electron chi connectivity index (χ4n) is 3.93. The number of rotatable bonds is 6. The van der Waals surface area contributed by atoms with Gasteiger partial charge < -0.3 is 14.8 Å². The number of aromatic nitrogens is 2. The highest BCUT2D eigenvalue weighted by atomic mass is 16.1. The lowest BCUT2D eigenvalue weighted by Gasteiger charge is -2.28. The van der Waals surface area contributed by atoms with Gasteiger partial charge >= 0.3 is 0 Å². The first kappa shape index (κ1) is 19.5. The summed E-state index contributed by atoms with van der Waals surface area (Å²) in [4.78, 5) is 19.4. The molecule has 4 rings (SSSR count). The van der Waals surface area contributed by atoms with E-state index in [-0.39, 0.29) is 5.56 Å². The molecule has 1 aliphatic rings. The van der Waals surface area contributed by atoms with Crippen LogP contribution in [0.5, 0.6) is 0 Å². The first-order valence-electron chi connectivity index (χ1n) is 10.7. The second-order valence-electron chi connectivity index (χ2n) is 8.35. The van der Waals surface area contributed by atoms with Crippen molar-refractivity contribution in [3.05, 3.63) is 59.0 Å². The third kappa shape index (κ3) is 4.61. The van der Waals surface area contributed by atoms with Crippen LogP contribution in [0.2, 0.25) is 0 Å². The number of pyridine rings is 2. The molecule has 2 aromatic heterocycles.